The summed E-state index contributed by atoms with van der Waals surface area (Å²) in [6.07, 6.45) is 13.7. The highest BCUT2D eigenvalue weighted by molar-refractivity contribution is 5.87. The molecule has 1 aliphatic carbocycles. The molecular formula is C23H35N3O2. The van der Waals surface area contributed by atoms with E-state index in [4.69, 9.17) is 0 Å². The van der Waals surface area contributed by atoms with Gasteiger partial charge in [-0.2, -0.15) is 5.10 Å². The van der Waals surface area contributed by atoms with E-state index in [2.05, 4.69) is 15.8 Å². The largest absolute Gasteiger partial charge is 0.352 e. The van der Waals surface area contributed by atoms with Gasteiger partial charge in [-0.25, -0.2) is 5.43 Å². The van der Waals surface area contributed by atoms with Crippen LogP contribution in [-0.4, -0.2) is 17.5 Å². The molecule has 0 heterocycles. The van der Waals surface area contributed by atoms with E-state index in [0.717, 1.165) is 37.0 Å². The highest BCUT2D eigenvalue weighted by Crippen LogP contribution is 2.15. The fourth-order valence-electron chi connectivity index (χ4n) is 3.44. The van der Waals surface area contributed by atoms with E-state index in [-0.39, 0.29) is 24.7 Å². The van der Waals surface area contributed by atoms with Crippen molar-refractivity contribution in [2.75, 3.05) is 0 Å². The van der Waals surface area contributed by atoms with Crippen LogP contribution in [0, 0.1) is 0 Å². The van der Waals surface area contributed by atoms with Crippen molar-refractivity contribution in [3.8, 4) is 0 Å². The van der Waals surface area contributed by atoms with E-state index in [1.165, 1.54) is 44.9 Å². The van der Waals surface area contributed by atoms with Crippen LogP contribution in [0.1, 0.15) is 89.0 Å². The zero-order valence-corrected chi connectivity index (χ0v) is 17.0. The molecular weight excluding hydrogens is 350 g/mol. The zero-order valence-electron chi connectivity index (χ0n) is 17.0. The molecule has 0 unspecified atom stereocenters. The quantitative estimate of drug-likeness (QED) is 0.687. The van der Waals surface area contributed by atoms with Gasteiger partial charge in [0.15, 0.2) is 0 Å². The third kappa shape index (κ3) is 10.2. The van der Waals surface area contributed by atoms with Crippen LogP contribution in [0.4, 0.5) is 0 Å². The predicted molar refractivity (Wildman–Crippen MR) is 114 cm³/mol. The Kier molecular flexibility index (Phi) is 11.0. The molecule has 28 heavy (non-hydrogen) atoms. The minimum Gasteiger partial charge on any atom is -0.352 e. The Bertz CT molecular complexity index is 600. The molecule has 0 atom stereocenters. The first-order valence-corrected chi connectivity index (χ1v) is 10.9. The van der Waals surface area contributed by atoms with Gasteiger partial charge in [-0.15, -0.1) is 0 Å². The van der Waals surface area contributed by atoms with Gasteiger partial charge >= 0.3 is 0 Å². The molecule has 0 radical (unpaired) electrons. The van der Waals surface area contributed by atoms with Gasteiger partial charge in [-0.1, -0.05) is 75.3 Å². The molecule has 0 saturated heterocycles. The second kappa shape index (κ2) is 13.9. The summed E-state index contributed by atoms with van der Waals surface area (Å²) < 4.78 is 0. The second-order valence-corrected chi connectivity index (χ2v) is 7.66. The van der Waals surface area contributed by atoms with Gasteiger partial charge in [0.25, 0.3) is 0 Å². The van der Waals surface area contributed by atoms with E-state index in [9.17, 15) is 9.59 Å². The van der Waals surface area contributed by atoms with Gasteiger partial charge in [0.1, 0.15) is 0 Å². The summed E-state index contributed by atoms with van der Waals surface area (Å²) in [5, 5.41) is 7.21. The van der Waals surface area contributed by atoms with Crippen LogP contribution >= 0.6 is 0 Å². The molecule has 0 spiro atoms. The minimum absolute atomic E-state index is 0.113. The molecule has 2 amide bonds. The number of hydrazone groups is 1. The van der Waals surface area contributed by atoms with Crippen molar-refractivity contribution in [3.63, 3.8) is 0 Å². The number of amides is 2. The van der Waals surface area contributed by atoms with Crippen molar-refractivity contribution in [2.24, 2.45) is 5.10 Å². The smallest absolute Gasteiger partial charge is 0.240 e. The Morgan fingerprint density at radius 2 is 1.29 bits per heavy atom. The third-order valence-electron chi connectivity index (χ3n) is 5.18. The molecule has 1 aliphatic rings. The van der Waals surface area contributed by atoms with Gasteiger partial charge in [0.05, 0.1) is 0 Å². The highest BCUT2D eigenvalue weighted by Gasteiger charge is 2.08. The standard InChI is InChI=1S/C23H35N3O2/c27-22(24-19-20-13-9-8-10-14-20)17-18-23(28)26-25-21-15-11-6-4-2-1-3-5-7-12-16-21/h8-10,13-14H,1-7,11-12,15-19H2,(H,24,27)(H,26,28). The lowest BCUT2D eigenvalue weighted by Crippen LogP contribution is -2.26. The fourth-order valence-corrected chi connectivity index (χ4v) is 3.44. The molecule has 1 aromatic carbocycles. The summed E-state index contributed by atoms with van der Waals surface area (Å²) >= 11 is 0. The summed E-state index contributed by atoms with van der Waals surface area (Å²) in [7, 11) is 0. The van der Waals surface area contributed by atoms with Gasteiger partial charge in [-0.05, 0) is 31.2 Å². The topological polar surface area (TPSA) is 70.6 Å². The normalized spacial score (nSPS) is 16.4. The van der Waals surface area contributed by atoms with Crippen LogP contribution in [0.2, 0.25) is 0 Å². The number of carbonyl (C=O) groups is 2. The fraction of sp³-hybridized carbons (Fsp3) is 0.609. The molecule has 5 nitrogen and oxygen atoms in total. The van der Waals surface area contributed by atoms with Crippen molar-refractivity contribution < 1.29 is 9.59 Å². The average Bonchev–Trinajstić information content (AvgIpc) is 2.71. The monoisotopic (exact) mass is 385 g/mol. The Labute approximate surface area is 169 Å². The number of nitrogens with zero attached hydrogens (tertiary/aromatic N) is 1. The number of benzene rings is 1. The maximum Gasteiger partial charge on any atom is 0.240 e. The molecule has 154 valence electrons. The third-order valence-corrected chi connectivity index (χ3v) is 5.18. The van der Waals surface area contributed by atoms with Crippen LogP contribution in [-0.2, 0) is 16.1 Å². The molecule has 0 aliphatic heterocycles. The van der Waals surface area contributed by atoms with Crippen LogP contribution in [0.5, 0.6) is 0 Å². The van der Waals surface area contributed by atoms with Crippen molar-refractivity contribution in [3.05, 3.63) is 35.9 Å². The lowest BCUT2D eigenvalue weighted by atomic mass is 10.00. The van der Waals surface area contributed by atoms with Gasteiger partial charge < -0.3 is 5.32 Å². The van der Waals surface area contributed by atoms with Gasteiger partial charge in [0.2, 0.25) is 11.8 Å². The SMILES string of the molecule is O=C(CCC(=O)NN=C1CCCCCCCCCCC1)NCc1ccccc1. The summed E-state index contributed by atoms with van der Waals surface area (Å²) in [4.78, 5) is 24.0. The summed E-state index contributed by atoms with van der Waals surface area (Å²) in [6, 6.07) is 9.75. The van der Waals surface area contributed by atoms with Crippen molar-refractivity contribution >= 4 is 17.5 Å². The van der Waals surface area contributed by atoms with Crippen molar-refractivity contribution in [1.29, 1.82) is 0 Å². The summed E-state index contributed by atoms with van der Waals surface area (Å²) in [5.41, 5.74) is 4.81. The number of rotatable bonds is 6. The average molecular weight is 386 g/mol. The Hall–Kier alpha value is -2.17. The molecule has 5 heteroatoms. The number of nitrogens with one attached hydrogen (secondary N) is 2. The number of hydrogen-bond acceptors (Lipinski definition) is 3. The maximum atomic E-state index is 12.0. The zero-order chi connectivity index (χ0) is 19.9. The lowest BCUT2D eigenvalue weighted by Gasteiger charge is -2.10. The van der Waals surface area contributed by atoms with Crippen LogP contribution in [0.15, 0.2) is 35.4 Å². The van der Waals surface area contributed by atoms with E-state index >= 15 is 0 Å². The molecule has 1 aromatic rings. The molecule has 2 rings (SSSR count). The van der Waals surface area contributed by atoms with E-state index in [1.807, 2.05) is 30.3 Å². The van der Waals surface area contributed by atoms with E-state index in [1.54, 1.807) is 0 Å². The van der Waals surface area contributed by atoms with Gasteiger partial charge in [0, 0.05) is 25.1 Å². The van der Waals surface area contributed by atoms with Crippen LogP contribution < -0.4 is 10.7 Å². The first kappa shape index (κ1) is 22.1. The van der Waals surface area contributed by atoms with E-state index in [0.29, 0.717) is 6.54 Å². The van der Waals surface area contributed by atoms with Crippen LogP contribution in [0.3, 0.4) is 0 Å². The minimum atomic E-state index is -0.187. The Balaban J connectivity index is 1.67. The van der Waals surface area contributed by atoms with Gasteiger partial charge in [-0.3, -0.25) is 9.59 Å². The molecule has 1 saturated carbocycles. The molecule has 0 aromatic heterocycles. The first-order chi connectivity index (χ1) is 13.7. The number of carbonyl (C=O) groups excluding carboxylic acids is 2. The van der Waals surface area contributed by atoms with Crippen molar-refractivity contribution in [2.45, 2.75) is 90.0 Å². The number of hydrogen-bond donors (Lipinski definition) is 2. The predicted octanol–water partition coefficient (Wildman–Crippen LogP) is 4.86. The van der Waals surface area contributed by atoms with E-state index < -0.39 is 0 Å². The maximum absolute atomic E-state index is 12.0. The molecule has 0 bridgehead atoms. The lowest BCUT2D eigenvalue weighted by molar-refractivity contribution is -0.126. The highest BCUT2D eigenvalue weighted by atomic mass is 16.2. The molecule has 2 N–H and O–H groups in total. The molecule has 1 fully saturated rings. The van der Waals surface area contributed by atoms with Crippen molar-refractivity contribution in [1.82, 2.24) is 10.7 Å². The Morgan fingerprint density at radius 1 is 0.750 bits per heavy atom. The van der Waals surface area contributed by atoms with Crippen LogP contribution in [0.25, 0.3) is 0 Å². The summed E-state index contributed by atoms with van der Waals surface area (Å²) in [6.45, 7) is 0.490. The first-order valence-electron chi connectivity index (χ1n) is 10.9. The second-order valence-electron chi connectivity index (χ2n) is 7.66. The Morgan fingerprint density at radius 3 is 1.89 bits per heavy atom. The summed E-state index contributed by atoms with van der Waals surface area (Å²) in [5.74, 6) is -0.300.